The zero-order valence-electron chi connectivity index (χ0n) is 14.9. The highest BCUT2D eigenvalue weighted by Gasteiger charge is 2.30. The molecule has 1 aromatic heterocycles. The Morgan fingerprint density at radius 2 is 2.08 bits per heavy atom. The van der Waals surface area contributed by atoms with Crippen molar-refractivity contribution in [3.8, 4) is 11.3 Å². The van der Waals surface area contributed by atoms with Crippen LogP contribution in [-0.2, 0) is 10.0 Å². The lowest BCUT2D eigenvalue weighted by Gasteiger charge is -2.32. The molecule has 2 heterocycles. The lowest BCUT2D eigenvalue weighted by atomic mass is 9.97. The van der Waals surface area contributed by atoms with E-state index in [0.29, 0.717) is 36.7 Å². The van der Waals surface area contributed by atoms with Crippen LogP contribution in [0.5, 0.6) is 0 Å². The molecule has 0 saturated carbocycles. The first-order valence-electron chi connectivity index (χ1n) is 8.61. The first-order chi connectivity index (χ1) is 12.3. The summed E-state index contributed by atoms with van der Waals surface area (Å²) < 4.78 is 30.4. The molecule has 1 saturated heterocycles. The Morgan fingerprint density at radius 3 is 2.77 bits per heavy atom. The van der Waals surface area contributed by atoms with Crippen LogP contribution in [0.3, 0.4) is 0 Å². The van der Waals surface area contributed by atoms with Crippen molar-refractivity contribution in [3.63, 3.8) is 0 Å². The number of carbonyl (C=O) groups excluding carboxylic acids is 1. The number of aryl methyl sites for hydroxylation is 1. The highest BCUT2D eigenvalue weighted by atomic mass is 32.2. The van der Waals surface area contributed by atoms with Crippen LogP contribution in [0.25, 0.3) is 11.3 Å². The summed E-state index contributed by atoms with van der Waals surface area (Å²) in [5.74, 6) is 0.472. The molecule has 2 aromatic rings. The molecule has 0 bridgehead atoms. The normalized spacial score (nSPS) is 18.1. The van der Waals surface area contributed by atoms with Crippen LogP contribution in [0, 0.1) is 12.8 Å². The van der Waals surface area contributed by atoms with E-state index >= 15 is 0 Å². The lowest BCUT2D eigenvalue weighted by molar-refractivity contribution is 0.0675. The number of nitrogens with one attached hydrogen (secondary N) is 1. The minimum absolute atomic E-state index is 0.0998. The Balaban J connectivity index is 1.78. The summed E-state index contributed by atoms with van der Waals surface area (Å²) in [6, 6.07) is 9.47. The van der Waals surface area contributed by atoms with E-state index in [9.17, 15) is 13.2 Å². The molecule has 3 rings (SSSR count). The maximum atomic E-state index is 13.1. The van der Waals surface area contributed by atoms with Crippen molar-refractivity contribution in [3.05, 3.63) is 41.7 Å². The van der Waals surface area contributed by atoms with Crippen LogP contribution in [0.15, 0.2) is 34.9 Å². The van der Waals surface area contributed by atoms with E-state index in [-0.39, 0.29) is 11.8 Å². The summed E-state index contributed by atoms with van der Waals surface area (Å²) in [4.78, 5) is 14.9. The molecule has 0 spiro atoms. The van der Waals surface area contributed by atoms with Gasteiger partial charge >= 0.3 is 0 Å². The maximum Gasteiger partial charge on any atom is 0.259 e. The van der Waals surface area contributed by atoms with Gasteiger partial charge in [-0.1, -0.05) is 35.5 Å². The molecule has 1 aliphatic heterocycles. The van der Waals surface area contributed by atoms with E-state index in [1.54, 1.807) is 11.8 Å². The molecule has 7 nitrogen and oxygen atoms in total. The number of likely N-dealkylation sites (tertiary alicyclic amines) is 1. The highest BCUT2D eigenvalue weighted by molar-refractivity contribution is 7.88. The third-order valence-corrected chi connectivity index (χ3v) is 5.26. The Bertz CT molecular complexity index is 877. The third-order valence-electron chi connectivity index (χ3n) is 4.56. The number of aromatic nitrogens is 1. The molecular weight excluding hydrogens is 354 g/mol. The van der Waals surface area contributed by atoms with E-state index in [4.69, 9.17) is 4.52 Å². The van der Waals surface area contributed by atoms with Gasteiger partial charge in [-0.05, 0) is 25.7 Å². The summed E-state index contributed by atoms with van der Waals surface area (Å²) in [7, 11) is -3.23. The summed E-state index contributed by atoms with van der Waals surface area (Å²) in [6.07, 6.45) is 2.87. The van der Waals surface area contributed by atoms with Gasteiger partial charge in [0.25, 0.3) is 5.91 Å². The molecule has 1 fully saturated rings. The molecule has 1 N–H and O–H groups in total. The number of carbonyl (C=O) groups is 1. The Morgan fingerprint density at radius 1 is 1.35 bits per heavy atom. The molecule has 26 heavy (non-hydrogen) atoms. The SMILES string of the molecule is Cc1onc(-c2ccccc2)c1C(=O)N1CCC[C@H](CNS(C)(=O)=O)C1. The molecule has 0 unspecified atom stereocenters. The number of nitrogens with zero attached hydrogens (tertiary/aromatic N) is 2. The van der Waals surface area contributed by atoms with E-state index in [1.807, 2.05) is 30.3 Å². The number of sulfonamides is 1. The van der Waals surface area contributed by atoms with Gasteiger partial charge in [-0.2, -0.15) is 0 Å². The monoisotopic (exact) mass is 377 g/mol. The van der Waals surface area contributed by atoms with Crippen LogP contribution in [0.2, 0.25) is 0 Å². The van der Waals surface area contributed by atoms with Crippen molar-refractivity contribution < 1.29 is 17.7 Å². The van der Waals surface area contributed by atoms with Crippen molar-refractivity contribution >= 4 is 15.9 Å². The molecule has 1 amide bonds. The summed E-state index contributed by atoms with van der Waals surface area (Å²) >= 11 is 0. The van der Waals surface area contributed by atoms with Gasteiger partial charge in [0.05, 0.1) is 6.26 Å². The van der Waals surface area contributed by atoms with E-state index < -0.39 is 10.0 Å². The fraction of sp³-hybridized carbons (Fsp3) is 0.444. The third kappa shape index (κ3) is 4.31. The van der Waals surface area contributed by atoms with Crippen molar-refractivity contribution in [1.82, 2.24) is 14.8 Å². The van der Waals surface area contributed by atoms with Gasteiger partial charge < -0.3 is 9.42 Å². The smallest absolute Gasteiger partial charge is 0.259 e. The average Bonchev–Trinajstić information content (AvgIpc) is 3.01. The van der Waals surface area contributed by atoms with E-state index in [0.717, 1.165) is 24.7 Å². The molecule has 8 heteroatoms. The number of amides is 1. The topological polar surface area (TPSA) is 92.5 Å². The number of hydrogen-bond acceptors (Lipinski definition) is 5. The Hall–Kier alpha value is -2.19. The van der Waals surface area contributed by atoms with Crippen molar-refractivity contribution in [2.75, 3.05) is 25.9 Å². The van der Waals surface area contributed by atoms with E-state index in [1.165, 1.54) is 0 Å². The largest absolute Gasteiger partial charge is 0.360 e. The van der Waals surface area contributed by atoms with Crippen LogP contribution in [0.1, 0.15) is 29.0 Å². The zero-order valence-corrected chi connectivity index (χ0v) is 15.8. The number of rotatable bonds is 5. The van der Waals surface area contributed by atoms with E-state index in [2.05, 4.69) is 9.88 Å². The first kappa shape index (κ1) is 18.6. The fourth-order valence-corrected chi connectivity index (χ4v) is 3.80. The van der Waals surface area contributed by atoms with Crippen molar-refractivity contribution in [2.45, 2.75) is 19.8 Å². The quantitative estimate of drug-likeness (QED) is 0.861. The average molecular weight is 377 g/mol. The van der Waals surface area contributed by atoms with Crippen LogP contribution >= 0.6 is 0 Å². The molecular formula is C18H23N3O4S. The zero-order chi connectivity index (χ0) is 18.7. The van der Waals surface area contributed by atoms with Gasteiger partial charge in [-0.25, -0.2) is 13.1 Å². The van der Waals surface area contributed by atoms with Gasteiger partial charge in [0, 0.05) is 25.2 Å². The summed E-state index contributed by atoms with van der Waals surface area (Å²) in [5, 5.41) is 4.08. The second-order valence-corrected chi connectivity index (χ2v) is 8.54. The first-order valence-corrected chi connectivity index (χ1v) is 10.5. The second kappa shape index (κ2) is 7.59. The Kier molecular flexibility index (Phi) is 5.43. The van der Waals surface area contributed by atoms with Gasteiger partial charge in [-0.15, -0.1) is 0 Å². The summed E-state index contributed by atoms with van der Waals surface area (Å²) in [6.45, 7) is 3.24. The molecule has 1 aromatic carbocycles. The molecule has 1 atom stereocenters. The van der Waals surface area contributed by atoms with Gasteiger partial charge in [0.2, 0.25) is 10.0 Å². The van der Waals surface area contributed by atoms with Crippen LogP contribution < -0.4 is 4.72 Å². The minimum atomic E-state index is -3.23. The fourth-order valence-electron chi connectivity index (χ4n) is 3.26. The van der Waals surface area contributed by atoms with Gasteiger partial charge in [0.1, 0.15) is 17.0 Å². The van der Waals surface area contributed by atoms with Crippen molar-refractivity contribution in [2.24, 2.45) is 5.92 Å². The Labute approximate surface area is 153 Å². The molecule has 140 valence electrons. The van der Waals surface area contributed by atoms with Crippen LogP contribution in [-0.4, -0.2) is 50.3 Å². The highest BCUT2D eigenvalue weighted by Crippen LogP contribution is 2.28. The lowest BCUT2D eigenvalue weighted by Crippen LogP contribution is -2.43. The number of benzene rings is 1. The second-order valence-electron chi connectivity index (χ2n) is 6.71. The summed E-state index contributed by atoms with van der Waals surface area (Å²) in [5.41, 5.74) is 1.86. The van der Waals surface area contributed by atoms with Gasteiger partial charge in [0.15, 0.2) is 0 Å². The maximum absolute atomic E-state index is 13.1. The predicted molar refractivity (Wildman–Crippen MR) is 98.2 cm³/mol. The van der Waals surface area contributed by atoms with Gasteiger partial charge in [-0.3, -0.25) is 4.79 Å². The van der Waals surface area contributed by atoms with Crippen LogP contribution in [0.4, 0.5) is 0 Å². The predicted octanol–water partition coefficient (Wildman–Crippen LogP) is 2.05. The molecule has 0 radical (unpaired) electrons. The number of piperidine rings is 1. The molecule has 1 aliphatic rings. The number of hydrogen-bond donors (Lipinski definition) is 1. The standard InChI is InChI=1S/C18H23N3O4S/c1-13-16(17(20-25-13)15-8-4-3-5-9-15)18(22)21-10-6-7-14(12-21)11-19-26(2,23)24/h3-5,8-9,14,19H,6-7,10-12H2,1-2H3/t14-/m1/s1. The molecule has 0 aliphatic carbocycles. The van der Waals surface area contributed by atoms with Crippen molar-refractivity contribution in [1.29, 1.82) is 0 Å². The minimum Gasteiger partial charge on any atom is -0.360 e.